The Labute approximate surface area is 94.2 Å². The Morgan fingerprint density at radius 2 is 1.71 bits per heavy atom. The monoisotopic (exact) mass is 253 g/mol. The number of nitrogens with zero attached hydrogens (tertiary/aromatic N) is 5. The van der Waals surface area contributed by atoms with Gasteiger partial charge < -0.3 is 5.11 Å². The summed E-state index contributed by atoms with van der Waals surface area (Å²) in [5.74, 6) is 0. The van der Waals surface area contributed by atoms with Crippen LogP contribution in [0.4, 0.5) is 0 Å². The molecule has 13 nitrogen and oxygen atoms in total. The highest BCUT2D eigenvalue weighted by Gasteiger charge is 2.24. The average Bonchev–Trinajstić information content (AvgIpc) is 2.27. The summed E-state index contributed by atoms with van der Waals surface area (Å²) in [6.07, 6.45) is 0. The predicted octanol–water partition coefficient (Wildman–Crippen LogP) is -2.34. The van der Waals surface area contributed by atoms with Gasteiger partial charge in [0.2, 0.25) is 6.67 Å². The number of aliphatic hydroxyl groups excluding tert-OH is 1. The van der Waals surface area contributed by atoms with Crippen molar-refractivity contribution in [1.82, 2.24) is 20.8 Å². The van der Waals surface area contributed by atoms with Gasteiger partial charge in [-0.05, 0) is 0 Å². The first-order valence-electron chi connectivity index (χ1n) is 4.18. The maximum absolute atomic E-state index is 10.5. The number of nitrogens with one attached hydrogen (secondary N) is 2. The van der Waals surface area contributed by atoms with Gasteiger partial charge in [0, 0.05) is 0 Å². The quantitative estimate of drug-likeness (QED) is 0.166. The van der Waals surface area contributed by atoms with Crippen LogP contribution >= 0.6 is 0 Å². The first kappa shape index (κ1) is 14.7. The van der Waals surface area contributed by atoms with Crippen LogP contribution in [-0.4, -0.2) is 51.9 Å². The van der Waals surface area contributed by atoms with Gasteiger partial charge in [0.25, 0.3) is 0 Å². The largest absolute Gasteiger partial charge is 0.381 e. The Morgan fingerprint density at radius 3 is 2.12 bits per heavy atom. The molecule has 0 spiro atoms. The maximum Gasteiger partial charge on any atom is 0.211 e. The average molecular weight is 253 g/mol. The second-order valence-corrected chi connectivity index (χ2v) is 2.60. The predicted molar refractivity (Wildman–Crippen MR) is 51.4 cm³/mol. The van der Waals surface area contributed by atoms with E-state index in [0.717, 1.165) is 0 Å². The van der Waals surface area contributed by atoms with Crippen LogP contribution in [0.25, 0.3) is 0 Å². The van der Waals surface area contributed by atoms with E-state index in [1.165, 1.54) is 0 Å². The highest BCUT2D eigenvalue weighted by molar-refractivity contribution is 4.42. The van der Waals surface area contributed by atoms with E-state index in [-0.39, 0.29) is 0 Å². The van der Waals surface area contributed by atoms with Gasteiger partial charge in [0.05, 0.1) is 12.0 Å². The molecular weight excluding hydrogens is 242 g/mol. The Morgan fingerprint density at radius 1 is 1.18 bits per heavy atom. The molecule has 0 bridgehead atoms. The van der Waals surface area contributed by atoms with Crippen LogP contribution in [-0.2, 0) is 0 Å². The smallest absolute Gasteiger partial charge is 0.211 e. The van der Waals surface area contributed by atoms with Gasteiger partial charge in [0.15, 0.2) is 16.7 Å². The van der Waals surface area contributed by atoms with Crippen LogP contribution in [0.3, 0.4) is 0 Å². The Hall–Kier alpha value is -2.28. The van der Waals surface area contributed by atoms with E-state index in [2.05, 4.69) is 10.6 Å². The van der Waals surface area contributed by atoms with Crippen LogP contribution in [0.2, 0.25) is 0 Å². The summed E-state index contributed by atoms with van der Waals surface area (Å²) in [4.78, 5) is 30.7. The van der Waals surface area contributed by atoms with Crippen molar-refractivity contribution >= 4 is 0 Å². The second kappa shape index (κ2) is 7.94. The third-order valence-corrected chi connectivity index (χ3v) is 1.51. The SMILES string of the molecule is O=NNCN(CN(CNCO)[N+](=O)[O-])[N+](=O)[O-]. The van der Waals surface area contributed by atoms with Crippen LogP contribution in [0, 0.1) is 25.1 Å². The van der Waals surface area contributed by atoms with E-state index >= 15 is 0 Å². The van der Waals surface area contributed by atoms with E-state index in [1.54, 1.807) is 5.43 Å². The van der Waals surface area contributed by atoms with Crippen molar-refractivity contribution in [2.24, 2.45) is 5.29 Å². The minimum absolute atomic E-state index is 0.364. The third kappa shape index (κ3) is 6.00. The third-order valence-electron chi connectivity index (χ3n) is 1.51. The van der Waals surface area contributed by atoms with Crippen molar-refractivity contribution in [2.75, 3.05) is 26.7 Å². The van der Waals surface area contributed by atoms with Gasteiger partial charge >= 0.3 is 0 Å². The lowest BCUT2D eigenvalue weighted by Gasteiger charge is -2.18. The fourth-order valence-corrected chi connectivity index (χ4v) is 0.797. The topological polar surface area (TPSA) is 166 Å². The summed E-state index contributed by atoms with van der Waals surface area (Å²) in [6.45, 7) is -2.20. The van der Waals surface area contributed by atoms with Crippen molar-refractivity contribution in [2.45, 2.75) is 0 Å². The zero-order chi connectivity index (χ0) is 13.3. The summed E-state index contributed by atoms with van der Waals surface area (Å²) < 4.78 is 0. The molecule has 98 valence electrons. The van der Waals surface area contributed by atoms with Crippen LogP contribution < -0.4 is 10.7 Å². The van der Waals surface area contributed by atoms with Crippen LogP contribution in [0.1, 0.15) is 0 Å². The molecule has 0 heterocycles. The zero-order valence-electron chi connectivity index (χ0n) is 8.55. The number of rotatable bonds is 10. The fraction of sp³-hybridized carbons (Fsp3) is 1.00. The van der Waals surface area contributed by atoms with E-state index in [9.17, 15) is 25.1 Å². The molecule has 0 fully saturated rings. The van der Waals surface area contributed by atoms with Crippen molar-refractivity contribution < 1.29 is 15.2 Å². The first-order valence-corrected chi connectivity index (χ1v) is 4.18. The molecule has 0 unspecified atom stereocenters. The summed E-state index contributed by atoms with van der Waals surface area (Å²) >= 11 is 0. The highest BCUT2D eigenvalue weighted by atomic mass is 16.7. The van der Waals surface area contributed by atoms with E-state index in [0.29, 0.717) is 10.0 Å². The minimum Gasteiger partial charge on any atom is -0.381 e. The molecule has 3 N–H and O–H groups in total. The Balaban J connectivity index is 4.38. The highest BCUT2D eigenvalue weighted by Crippen LogP contribution is 1.93. The molecule has 0 atom stereocenters. The van der Waals surface area contributed by atoms with Gasteiger partial charge in [-0.1, -0.05) is 10.0 Å². The van der Waals surface area contributed by atoms with E-state index in [1.807, 2.05) is 0 Å². The molecule has 0 saturated heterocycles. The lowest BCUT2D eigenvalue weighted by atomic mass is 10.8. The Bertz CT molecular complexity index is 273. The molecule has 0 aromatic heterocycles. The molecule has 13 heteroatoms. The normalized spacial score (nSPS) is 9.47. The van der Waals surface area contributed by atoms with Gasteiger partial charge in [-0.15, -0.1) is 4.91 Å². The number of hydrogen-bond acceptors (Lipinski definition) is 8. The van der Waals surface area contributed by atoms with Crippen molar-refractivity contribution in [1.29, 1.82) is 0 Å². The van der Waals surface area contributed by atoms with E-state index < -0.39 is 36.8 Å². The zero-order valence-corrected chi connectivity index (χ0v) is 8.55. The molecule has 0 aromatic carbocycles. The molecule has 0 aromatic rings. The summed E-state index contributed by atoms with van der Waals surface area (Å²) in [5.41, 5.74) is 1.76. The lowest BCUT2D eigenvalue weighted by molar-refractivity contribution is -0.712. The summed E-state index contributed by atoms with van der Waals surface area (Å²) in [7, 11) is 0. The number of nitro groups is 2. The second-order valence-electron chi connectivity index (χ2n) is 2.60. The molecular formula is C4H11N7O6. The number of hydrogen-bond donors (Lipinski definition) is 3. The van der Waals surface area contributed by atoms with Gasteiger partial charge in [-0.2, -0.15) is 0 Å². The number of hydrazine groups is 2. The summed E-state index contributed by atoms with van der Waals surface area (Å²) in [5, 5.41) is 32.8. The minimum atomic E-state index is -0.923. The molecule has 0 aliphatic rings. The van der Waals surface area contributed by atoms with Gasteiger partial charge in [-0.25, -0.2) is 25.7 Å². The maximum atomic E-state index is 10.5. The molecule has 0 rings (SSSR count). The van der Waals surface area contributed by atoms with Crippen molar-refractivity contribution in [3.05, 3.63) is 25.1 Å². The number of aliphatic hydroxyl groups is 1. The standard InChI is InChI=1S/C4H11N7O6/c12-3-5-1-8(10(14)15)4-9(11(16)17)2-6-7-13/h5,12H,1-4H2,(H,6,13). The van der Waals surface area contributed by atoms with Crippen molar-refractivity contribution in [3.8, 4) is 0 Å². The lowest BCUT2D eigenvalue weighted by Crippen LogP contribution is -2.49. The van der Waals surface area contributed by atoms with E-state index in [4.69, 9.17) is 5.11 Å². The Kier molecular flexibility index (Phi) is 6.88. The summed E-state index contributed by atoms with van der Waals surface area (Å²) in [6, 6.07) is 0. The van der Waals surface area contributed by atoms with Gasteiger partial charge in [0.1, 0.15) is 6.67 Å². The fourth-order valence-electron chi connectivity index (χ4n) is 0.797. The number of nitroso groups, excluding NO2 is 1. The van der Waals surface area contributed by atoms with Gasteiger partial charge in [-0.3, -0.25) is 5.32 Å². The molecule has 0 aliphatic heterocycles. The first-order chi connectivity index (χ1) is 8.02. The molecule has 0 radical (unpaired) electrons. The molecule has 0 amide bonds. The molecule has 0 saturated carbocycles. The van der Waals surface area contributed by atoms with Crippen molar-refractivity contribution in [3.63, 3.8) is 0 Å². The van der Waals surface area contributed by atoms with Crippen LogP contribution in [0.15, 0.2) is 5.29 Å². The molecule has 17 heavy (non-hydrogen) atoms. The van der Waals surface area contributed by atoms with Crippen LogP contribution in [0.5, 0.6) is 0 Å². The molecule has 0 aliphatic carbocycles.